The third kappa shape index (κ3) is 2.93. The highest BCUT2D eigenvalue weighted by Crippen LogP contribution is 2.36. The highest BCUT2D eigenvalue weighted by Gasteiger charge is 2.47. The van der Waals surface area contributed by atoms with E-state index in [-0.39, 0.29) is 11.8 Å². The first-order valence-corrected chi connectivity index (χ1v) is 8.62. The van der Waals surface area contributed by atoms with Crippen LogP contribution in [0.25, 0.3) is 0 Å². The van der Waals surface area contributed by atoms with Crippen molar-refractivity contribution in [1.29, 1.82) is 0 Å². The van der Waals surface area contributed by atoms with Gasteiger partial charge in [0.2, 0.25) is 0 Å². The number of rotatable bonds is 4. The molecule has 0 saturated carbocycles. The number of hydrogen-bond acceptors (Lipinski definition) is 3. The molecule has 5 nitrogen and oxygen atoms in total. The van der Waals surface area contributed by atoms with E-state index < -0.39 is 5.92 Å². The number of anilines is 2. The topological polar surface area (TPSA) is 49.9 Å². The van der Waals surface area contributed by atoms with Crippen molar-refractivity contribution in [3.8, 4) is 5.75 Å². The maximum Gasteiger partial charge on any atom is 0.263 e. The van der Waals surface area contributed by atoms with Gasteiger partial charge >= 0.3 is 0 Å². The number of hydrogen-bond donors (Lipinski definition) is 0. The van der Waals surface area contributed by atoms with Gasteiger partial charge in [0.25, 0.3) is 11.8 Å². The fourth-order valence-electron chi connectivity index (χ4n) is 3.25. The van der Waals surface area contributed by atoms with Crippen molar-refractivity contribution in [1.82, 2.24) is 0 Å². The number of carbonyl (C=O) groups is 2. The van der Waals surface area contributed by atoms with E-state index >= 15 is 0 Å². The second kappa shape index (κ2) is 6.96. The summed E-state index contributed by atoms with van der Waals surface area (Å²) in [7, 11) is 1.58. The molecule has 4 rings (SSSR count). The number of carbonyl (C=O) groups excluding carboxylic acids is 2. The van der Waals surface area contributed by atoms with Gasteiger partial charge in [-0.2, -0.15) is 0 Å². The minimum absolute atomic E-state index is 0.278. The molecule has 27 heavy (non-hydrogen) atoms. The molecule has 0 radical (unpaired) electrons. The van der Waals surface area contributed by atoms with E-state index in [1.807, 2.05) is 60.7 Å². The molecule has 5 heteroatoms. The smallest absolute Gasteiger partial charge is 0.263 e. The first-order valence-electron chi connectivity index (χ1n) is 8.62. The van der Waals surface area contributed by atoms with Crippen LogP contribution >= 0.6 is 0 Å². The van der Waals surface area contributed by atoms with Gasteiger partial charge in [0.15, 0.2) is 0 Å². The van der Waals surface area contributed by atoms with Crippen LogP contribution in [0.2, 0.25) is 0 Å². The summed E-state index contributed by atoms with van der Waals surface area (Å²) in [4.78, 5) is 26.6. The second-order valence-corrected chi connectivity index (χ2v) is 6.18. The molecule has 0 N–H and O–H groups in total. The fourth-order valence-corrected chi connectivity index (χ4v) is 3.25. The molecule has 1 heterocycles. The zero-order valence-corrected chi connectivity index (χ0v) is 14.8. The molecular formula is C22H18N2O3. The van der Waals surface area contributed by atoms with Crippen molar-refractivity contribution in [2.24, 2.45) is 0 Å². The lowest BCUT2D eigenvalue weighted by Crippen LogP contribution is -2.41. The Morgan fingerprint density at radius 2 is 1.11 bits per heavy atom. The molecule has 3 aromatic carbocycles. The lowest BCUT2D eigenvalue weighted by molar-refractivity contribution is -0.123. The number of nitrogens with zero attached hydrogens (tertiary/aromatic N) is 2. The predicted molar refractivity (Wildman–Crippen MR) is 104 cm³/mol. The standard InChI is InChI=1S/C22H18N2O3/c1-27-19-14-12-16(13-15-19)20-21(25)23(17-8-4-2-5-9-17)24(22(20)26)18-10-6-3-7-11-18/h2-15,20H,1H3. The van der Waals surface area contributed by atoms with E-state index in [4.69, 9.17) is 4.74 Å². The summed E-state index contributed by atoms with van der Waals surface area (Å²) in [6.45, 7) is 0. The molecule has 1 aliphatic rings. The summed E-state index contributed by atoms with van der Waals surface area (Å²) in [5.74, 6) is -0.770. The quantitative estimate of drug-likeness (QED) is 0.667. The minimum Gasteiger partial charge on any atom is -0.497 e. The van der Waals surface area contributed by atoms with Crippen LogP contribution < -0.4 is 14.8 Å². The third-order valence-electron chi connectivity index (χ3n) is 4.56. The van der Waals surface area contributed by atoms with Crippen LogP contribution in [0.4, 0.5) is 11.4 Å². The van der Waals surface area contributed by atoms with Gasteiger partial charge in [-0.1, -0.05) is 48.5 Å². The zero-order chi connectivity index (χ0) is 18.8. The molecule has 0 aromatic heterocycles. The first kappa shape index (κ1) is 16.8. The largest absolute Gasteiger partial charge is 0.497 e. The number of benzene rings is 3. The number of amides is 2. The summed E-state index contributed by atoms with van der Waals surface area (Å²) in [5, 5.41) is 2.90. The van der Waals surface area contributed by atoms with Gasteiger partial charge in [-0.3, -0.25) is 9.59 Å². The Kier molecular flexibility index (Phi) is 4.34. The third-order valence-corrected chi connectivity index (χ3v) is 4.56. The van der Waals surface area contributed by atoms with Crippen molar-refractivity contribution in [2.45, 2.75) is 5.92 Å². The molecule has 1 saturated heterocycles. The van der Waals surface area contributed by atoms with Crippen LogP contribution in [0.3, 0.4) is 0 Å². The predicted octanol–water partition coefficient (Wildman–Crippen LogP) is 3.77. The lowest BCUT2D eigenvalue weighted by atomic mass is 9.98. The Labute approximate surface area is 157 Å². The van der Waals surface area contributed by atoms with E-state index in [0.717, 1.165) is 0 Å². The maximum atomic E-state index is 13.3. The van der Waals surface area contributed by atoms with Gasteiger partial charge in [-0.25, -0.2) is 10.0 Å². The average molecular weight is 358 g/mol. The summed E-state index contributed by atoms with van der Waals surface area (Å²) in [6, 6.07) is 25.4. The van der Waals surface area contributed by atoms with E-state index in [1.165, 1.54) is 10.0 Å². The number of methoxy groups -OCH3 is 1. The highest BCUT2D eigenvalue weighted by molar-refractivity contribution is 6.26. The van der Waals surface area contributed by atoms with Crippen LogP contribution in [-0.2, 0) is 9.59 Å². The molecule has 2 amide bonds. The van der Waals surface area contributed by atoms with Gasteiger partial charge in [-0.15, -0.1) is 0 Å². The van der Waals surface area contributed by atoms with Crippen LogP contribution in [0.1, 0.15) is 11.5 Å². The van der Waals surface area contributed by atoms with Crippen molar-refractivity contribution < 1.29 is 14.3 Å². The molecule has 1 fully saturated rings. The fraction of sp³-hybridized carbons (Fsp3) is 0.0909. The van der Waals surface area contributed by atoms with Crippen LogP contribution in [0, 0.1) is 0 Å². The molecule has 134 valence electrons. The van der Waals surface area contributed by atoms with Gasteiger partial charge in [0.1, 0.15) is 11.7 Å². The summed E-state index contributed by atoms with van der Waals surface area (Å²) >= 11 is 0. The second-order valence-electron chi connectivity index (χ2n) is 6.18. The number of hydrazine groups is 1. The van der Waals surface area contributed by atoms with Crippen LogP contribution in [0.15, 0.2) is 84.9 Å². The van der Waals surface area contributed by atoms with E-state index in [0.29, 0.717) is 22.7 Å². The van der Waals surface area contributed by atoms with Crippen molar-refractivity contribution in [2.75, 3.05) is 17.1 Å². The number of ether oxygens (including phenoxy) is 1. The van der Waals surface area contributed by atoms with Crippen molar-refractivity contribution in [3.05, 3.63) is 90.5 Å². The molecular weight excluding hydrogens is 340 g/mol. The number of para-hydroxylation sites is 2. The summed E-state index contributed by atoms with van der Waals surface area (Å²) in [6.07, 6.45) is 0. The summed E-state index contributed by atoms with van der Waals surface area (Å²) < 4.78 is 5.18. The molecule has 0 aliphatic carbocycles. The molecule has 0 unspecified atom stereocenters. The maximum absolute atomic E-state index is 13.3. The summed E-state index contributed by atoms with van der Waals surface area (Å²) in [5.41, 5.74) is 1.94. The molecule has 0 atom stereocenters. The van der Waals surface area contributed by atoms with Crippen molar-refractivity contribution >= 4 is 23.2 Å². The van der Waals surface area contributed by atoms with Gasteiger partial charge in [-0.05, 0) is 42.0 Å². The Morgan fingerprint density at radius 3 is 1.52 bits per heavy atom. The SMILES string of the molecule is COc1ccc(C2C(=O)N(c3ccccc3)N(c3ccccc3)C2=O)cc1. The van der Waals surface area contributed by atoms with Crippen LogP contribution in [-0.4, -0.2) is 18.9 Å². The van der Waals surface area contributed by atoms with E-state index in [1.54, 1.807) is 31.4 Å². The zero-order valence-electron chi connectivity index (χ0n) is 14.8. The molecule has 0 spiro atoms. The molecule has 3 aromatic rings. The van der Waals surface area contributed by atoms with Crippen LogP contribution in [0.5, 0.6) is 5.75 Å². The van der Waals surface area contributed by atoms with E-state index in [2.05, 4.69) is 0 Å². The lowest BCUT2D eigenvalue weighted by Gasteiger charge is -2.27. The van der Waals surface area contributed by atoms with Gasteiger partial charge < -0.3 is 4.74 Å². The highest BCUT2D eigenvalue weighted by atomic mass is 16.5. The monoisotopic (exact) mass is 358 g/mol. The van der Waals surface area contributed by atoms with Gasteiger partial charge in [0.05, 0.1) is 18.5 Å². The average Bonchev–Trinajstić information content (AvgIpc) is 2.99. The molecule has 0 bridgehead atoms. The Bertz CT molecular complexity index is 898. The Hall–Kier alpha value is -3.60. The minimum atomic E-state index is -0.892. The Balaban J connectivity index is 1.81. The Morgan fingerprint density at radius 1 is 0.667 bits per heavy atom. The van der Waals surface area contributed by atoms with E-state index in [9.17, 15) is 9.59 Å². The normalized spacial score (nSPS) is 14.7. The molecule has 1 aliphatic heterocycles. The first-order chi connectivity index (χ1) is 13.2. The van der Waals surface area contributed by atoms with Gasteiger partial charge in [0, 0.05) is 0 Å². The van der Waals surface area contributed by atoms with Crippen molar-refractivity contribution in [3.63, 3.8) is 0 Å².